The van der Waals surface area contributed by atoms with Crippen molar-refractivity contribution in [2.75, 3.05) is 19.0 Å². The Hall–Kier alpha value is -0.630. The van der Waals surface area contributed by atoms with Crippen molar-refractivity contribution in [2.45, 2.75) is 24.0 Å². The van der Waals surface area contributed by atoms with Gasteiger partial charge < -0.3 is 4.90 Å². The summed E-state index contributed by atoms with van der Waals surface area (Å²) in [4.78, 5) is 3.52. The van der Waals surface area contributed by atoms with Crippen molar-refractivity contribution in [1.82, 2.24) is 0 Å². The van der Waals surface area contributed by atoms with Crippen molar-refractivity contribution in [3.8, 4) is 0 Å². The molecule has 0 amide bonds. The summed E-state index contributed by atoms with van der Waals surface area (Å²) in [5, 5.41) is 0.640. The van der Waals surface area contributed by atoms with Crippen LogP contribution in [0.15, 0.2) is 29.2 Å². The van der Waals surface area contributed by atoms with Crippen molar-refractivity contribution >= 4 is 17.4 Å². The van der Waals surface area contributed by atoms with Gasteiger partial charge in [-0.05, 0) is 12.1 Å². The number of thioether (sulfide) groups is 1. The molecule has 1 nitrogen and oxygen atoms in total. The van der Waals surface area contributed by atoms with Gasteiger partial charge in [0, 0.05) is 29.9 Å². The van der Waals surface area contributed by atoms with E-state index in [2.05, 4.69) is 57.1 Å². The molecule has 0 saturated heterocycles. The molecule has 0 unspecified atom stereocenters. The molecule has 0 bridgehead atoms. The Balaban J connectivity index is 2.91. The second-order valence-electron chi connectivity index (χ2n) is 3.53. The first kappa shape index (κ1) is 10.5. The Kier molecular flexibility index (Phi) is 3.67. The molecular weight excluding hydrogens is 178 g/mol. The third-order valence-corrected chi connectivity index (χ3v) is 2.78. The maximum atomic E-state index is 2.22. The zero-order chi connectivity index (χ0) is 9.84. The molecule has 0 heterocycles. The van der Waals surface area contributed by atoms with E-state index in [1.54, 1.807) is 0 Å². The van der Waals surface area contributed by atoms with Gasteiger partial charge in [0.15, 0.2) is 0 Å². The van der Waals surface area contributed by atoms with Crippen LogP contribution in [0.25, 0.3) is 0 Å². The Morgan fingerprint density at radius 1 is 1.15 bits per heavy atom. The molecular formula is C11H17NS. The van der Waals surface area contributed by atoms with Gasteiger partial charge in [0.25, 0.3) is 0 Å². The van der Waals surface area contributed by atoms with Crippen LogP contribution in [0, 0.1) is 0 Å². The maximum absolute atomic E-state index is 2.22. The number of rotatable bonds is 3. The third-order valence-electron chi connectivity index (χ3n) is 1.71. The summed E-state index contributed by atoms with van der Waals surface area (Å²) < 4.78 is 0. The van der Waals surface area contributed by atoms with Crippen molar-refractivity contribution in [3.05, 3.63) is 24.3 Å². The van der Waals surface area contributed by atoms with Crippen LogP contribution in [-0.2, 0) is 0 Å². The number of nitrogens with zero attached hydrogens (tertiary/aromatic N) is 1. The van der Waals surface area contributed by atoms with Crippen LogP contribution in [0.4, 0.5) is 5.69 Å². The first-order valence-electron chi connectivity index (χ1n) is 4.54. The molecule has 0 atom stereocenters. The monoisotopic (exact) mass is 195 g/mol. The van der Waals surface area contributed by atoms with E-state index in [-0.39, 0.29) is 0 Å². The molecule has 1 rings (SSSR count). The van der Waals surface area contributed by atoms with Gasteiger partial charge in [0.1, 0.15) is 0 Å². The zero-order valence-electron chi connectivity index (χ0n) is 8.74. The van der Waals surface area contributed by atoms with Gasteiger partial charge >= 0.3 is 0 Å². The second kappa shape index (κ2) is 4.56. The van der Waals surface area contributed by atoms with E-state index in [4.69, 9.17) is 0 Å². The lowest BCUT2D eigenvalue weighted by Crippen LogP contribution is -2.09. The largest absolute Gasteiger partial charge is 0.377 e. The van der Waals surface area contributed by atoms with Gasteiger partial charge in [-0.3, -0.25) is 0 Å². The lowest BCUT2D eigenvalue weighted by atomic mass is 10.3. The van der Waals surface area contributed by atoms with Crippen LogP contribution in [0.2, 0.25) is 0 Å². The topological polar surface area (TPSA) is 3.24 Å². The Morgan fingerprint density at radius 2 is 1.77 bits per heavy atom. The molecule has 0 spiro atoms. The van der Waals surface area contributed by atoms with Crippen LogP contribution in [0.5, 0.6) is 0 Å². The van der Waals surface area contributed by atoms with E-state index in [0.717, 1.165) is 0 Å². The minimum atomic E-state index is 0.640. The molecule has 2 heteroatoms. The third kappa shape index (κ3) is 2.96. The second-order valence-corrected chi connectivity index (χ2v) is 5.15. The molecule has 0 aliphatic rings. The smallest absolute Gasteiger partial charge is 0.0499 e. The average Bonchev–Trinajstić information content (AvgIpc) is 2.03. The fraction of sp³-hybridized carbons (Fsp3) is 0.455. The zero-order valence-corrected chi connectivity index (χ0v) is 9.56. The van der Waals surface area contributed by atoms with Crippen molar-refractivity contribution in [2.24, 2.45) is 0 Å². The Morgan fingerprint density at radius 3 is 2.31 bits per heavy atom. The van der Waals surface area contributed by atoms with Gasteiger partial charge in [-0.2, -0.15) is 0 Å². The SMILES string of the molecule is CC(C)Sc1ccccc1N(C)C. The van der Waals surface area contributed by atoms with Crippen LogP contribution in [0.1, 0.15) is 13.8 Å². The minimum absolute atomic E-state index is 0.640. The minimum Gasteiger partial charge on any atom is -0.377 e. The molecule has 13 heavy (non-hydrogen) atoms. The van der Waals surface area contributed by atoms with Gasteiger partial charge in [-0.15, -0.1) is 11.8 Å². The van der Waals surface area contributed by atoms with Gasteiger partial charge in [-0.25, -0.2) is 0 Å². The normalized spacial score (nSPS) is 10.5. The van der Waals surface area contributed by atoms with Crippen LogP contribution >= 0.6 is 11.8 Å². The Labute approximate surface area is 85.1 Å². The van der Waals surface area contributed by atoms with E-state index in [1.165, 1.54) is 10.6 Å². The molecule has 0 N–H and O–H groups in total. The molecule has 0 saturated carbocycles. The summed E-state index contributed by atoms with van der Waals surface area (Å²) in [5.41, 5.74) is 1.31. The highest BCUT2D eigenvalue weighted by Crippen LogP contribution is 2.31. The quantitative estimate of drug-likeness (QED) is 0.681. The van der Waals surface area contributed by atoms with E-state index < -0.39 is 0 Å². The van der Waals surface area contributed by atoms with Crippen LogP contribution < -0.4 is 4.90 Å². The van der Waals surface area contributed by atoms with Crippen molar-refractivity contribution in [3.63, 3.8) is 0 Å². The van der Waals surface area contributed by atoms with Crippen molar-refractivity contribution in [1.29, 1.82) is 0 Å². The molecule has 0 aromatic heterocycles. The number of para-hydroxylation sites is 1. The van der Waals surface area contributed by atoms with Gasteiger partial charge in [0.05, 0.1) is 0 Å². The fourth-order valence-electron chi connectivity index (χ4n) is 1.18. The van der Waals surface area contributed by atoms with Gasteiger partial charge in [0.2, 0.25) is 0 Å². The van der Waals surface area contributed by atoms with Crippen LogP contribution in [-0.4, -0.2) is 19.3 Å². The van der Waals surface area contributed by atoms with E-state index in [9.17, 15) is 0 Å². The number of benzene rings is 1. The fourth-order valence-corrected chi connectivity index (χ4v) is 2.22. The number of hydrogen-bond acceptors (Lipinski definition) is 2. The molecule has 72 valence electrons. The van der Waals surface area contributed by atoms with Gasteiger partial charge in [-0.1, -0.05) is 26.0 Å². The molecule has 1 aromatic rings. The summed E-state index contributed by atoms with van der Waals surface area (Å²) in [7, 11) is 4.17. The highest BCUT2D eigenvalue weighted by molar-refractivity contribution is 8.00. The highest BCUT2D eigenvalue weighted by Gasteiger charge is 2.05. The Bertz CT molecular complexity index is 269. The van der Waals surface area contributed by atoms with Crippen molar-refractivity contribution < 1.29 is 0 Å². The molecule has 0 fully saturated rings. The predicted octanol–water partition coefficient (Wildman–Crippen LogP) is 3.25. The lowest BCUT2D eigenvalue weighted by molar-refractivity contribution is 1.08. The number of anilines is 1. The summed E-state index contributed by atoms with van der Waals surface area (Å²) >= 11 is 1.91. The average molecular weight is 195 g/mol. The maximum Gasteiger partial charge on any atom is 0.0499 e. The summed E-state index contributed by atoms with van der Waals surface area (Å²) in [5.74, 6) is 0. The first-order valence-corrected chi connectivity index (χ1v) is 5.42. The standard InChI is InChI=1S/C11H17NS/c1-9(2)13-11-8-6-5-7-10(11)12(3)4/h5-9H,1-4H3. The summed E-state index contributed by atoms with van der Waals surface area (Å²) in [6.07, 6.45) is 0. The molecule has 0 radical (unpaired) electrons. The number of hydrogen-bond donors (Lipinski definition) is 0. The van der Waals surface area contributed by atoms with E-state index >= 15 is 0 Å². The lowest BCUT2D eigenvalue weighted by Gasteiger charge is -2.17. The summed E-state index contributed by atoms with van der Waals surface area (Å²) in [6, 6.07) is 8.52. The molecule has 0 aliphatic heterocycles. The highest BCUT2D eigenvalue weighted by atomic mass is 32.2. The van der Waals surface area contributed by atoms with E-state index in [1.807, 2.05) is 11.8 Å². The summed E-state index contributed by atoms with van der Waals surface area (Å²) in [6.45, 7) is 4.44. The molecule has 1 aromatic carbocycles. The first-order chi connectivity index (χ1) is 6.11. The van der Waals surface area contributed by atoms with Crippen LogP contribution in [0.3, 0.4) is 0 Å². The predicted molar refractivity (Wildman–Crippen MR) is 61.8 cm³/mol. The molecule has 0 aliphatic carbocycles. The van der Waals surface area contributed by atoms with E-state index in [0.29, 0.717) is 5.25 Å².